The Hall–Kier alpha value is -4.31. The van der Waals surface area contributed by atoms with Gasteiger partial charge in [0, 0.05) is 24.5 Å². The molecule has 9 nitrogen and oxygen atoms in total. The van der Waals surface area contributed by atoms with Crippen molar-refractivity contribution in [2.24, 2.45) is 0 Å². The molecule has 37 heavy (non-hydrogen) atoms. The van der Waals surface area contributed by atoms with Crippen molar-refractivity contribution in [1.29, 1.82) is 0 Å². The molecule has 0 fully saturated rings. The number of sulfonamides is 1. The zero-order valence-corrected chi connectivity index (χ0v) is 21.2. The van der Waals surface area contributed by atoms with E-state index in [0.717, 1.165) is 15.2 Å². The summed E-state index contributed by atoms with van der Waals surface area (Å²) in [5.74, 6) is -0.928. The SMILES string of the molecule is Cc1cccc(C(=O)O)c1N(C)S(=O)(=O)c1ccc(OCCCNC(=O)c2cc3ccccc3[nH]2)cc1. The normalized spacial score (nSPS) is 11.3. The van der Waals surface area contributed by atoms with Gasteiger partial charge in [-0.05, 0) is 61.4 Å². The van der Waals surface area contributed by atoms with Gasteiger partial charge in [-0.25, -0.2) is 13.2 Å². The highest BCUT2D eigenvalue weighted by atomic mass is 32.2. The number of hydrogen-bond donors (Lipinski definition) is 3. The van der Waals surface area contributed by atoms with Crippen LogP contribution in [0.4, 0.5) is 5.69 Å². The number of aromatic amines is 1. The van der Waals surface area contributed by atoms with Crippen molar-refractivity contribution in [3.8, 4) is 5.75 Å². The number of aromatic carboxylic acids is 1. The molecule has 1 heterocycles. The lowest BCUT2D eigenvalue weighted by Gasteiger charge is -2.23. The van der Waals surface area contributed by atoms with Gasteiger partial charge in [0.2, 0.25) is 0 Å². The zero-order chi connectivity index (χ0) is 26.6. The Morgan fingerprint density at radius 1 is 1.03 bits per heavy atom. The molecule has 3 aromatic carbocycles. The van der Waals surface area contributed by atoms with E-state index in [1.54, 1.807) is 37.3 Å². The predicted octanol–water partition coefficient (Wildman–Crippen LogP) is 4.20. The van der Waals surface area contributed by atoms with Crippen LogP contribution in [0, 0.1) is 6.92 Å². The smallest absolute Gasteiger partial charge is 0.337 e. The molecule has 0 aliphatic heterocycles. The van der Waals surface area contributed by atoms with Gasteiger partial charge in [-0.15, -0.1) is 0 Å². The van der Waals surface area contributed by atoms with Gasteiger partial charge in [-0.1, -0.05) is 30.3 Å². The van der Waals surface area contributed by atoms with Crippen molar-refractivity contribution in [2.75, 3.05) is 24.5 Å². The topological polar surface area (TPSA) is 129 Å². The van der Waals surface area contributed by atoms with E-state index in [-0.39, 0.29) is 22.1 Å². The number of aromatic nitrogens is 1. The summed E-state index contributed by atoms with van der Waals surface area (Å²) in [4.78, 5) is 27.0. The number of benzene rings is 3. The van der Waals surface area contributed by atoms with Crippen LogP contribution in [0.15, 0.2) is 77.7 Å². The molecule has 0 saturated heterocycles. The molecule has 4 rings (SSSR count). The van der Waals surface area contributed by atoms with E-state index < -0.39 is 16.0 Å². The maximum absolute atomic E-state index is 13.2. The fourth-order valence-corrected chi connectivity index (χ4v) is 5.27. The van der Waals surface area contributed by atoms with Gasteiger partial charge < -0.3 is 20.1 Å². The molecule has 0 radical (unpaired) electrons. The number of para-hydroxylation sites is 2. The molecule has 1 aromatic heterocycles. The lowest BCUT2D eigenvalue weighted by Crippen LogP contribution is -2.29. The molecule has 4 aromatic rings. The average Bonchev–Trinajstić information content (AvgIpc) is 3.32. The molecule has 0 unspecified atom stereocenters. The first-order valence-corrected chi connectivity index (χ1v) is 13.0. The molecule has 0 saturated carbocycles. The lowest BCUT2D eigenvalue weighted by atomic mass is 10.1. The van der Waals surface area contributed by atoms with E-state index in [4.69, 9.17) is 4.74 Å². The molecule has 0 spiro atoms. The van der Waals surface area contributed by atoms with Crippen LogP contribution in [0.5, 0.6) is 5.75 Å². The number of hydrogen-bond acceptors (Lipinski definition) is 5. The van der Waals surface area contributed by atoms with Crippen LogP contribution in [0.2, 0.25) is 0 Å². The van der Waals surface area contributed by atoms with Crippen molar-refractivity contribution >= 4 is 38.5 Å². The predicted molar refractivity (Wildman–Crippen MR) is 141 cm³/mol. The third kappa shape index (κ3) is 5.59. The highest BCUT2D eigenvalue weighted by Gasteiger charge is 2.26. The van der Waals surface area contributed by atoms with Gasteiger partial charge >= 0.3 is 5.97 Å². The van der Waals surface area contributed by atoms with E-state index in [0.29, 0.717) is 36.6 Å². The fourth-order valence-electron chi connectivity index (χ4n) is 3.99. The number of ether oxygens (including phenoxy) is 1. The summed E-state index contributed by atoms with van der Waals surface area (Å²) >= 11 is 0. The second-order valence-electron chi connectivity index (χ2n) is 8.45. The third-order valence-electron chi connectivity index (χ3n) is 5.92. The van der Waals surface area contributed by atoms with Gasteiger partial charge in [-0.2, -0.15) is 0 Å². The lowest BCUT2D eigenvalue weighted by molar-refractivity contribution is 0.0697. The number of nitrogens with one attached hydrogen (secondary N) is 2. The second-order valence-corrected chi connectivity index (χ2v) is 10.4. The molecular weight excluding hydrogens is 494 g/mol. The summed E-state index contributed by atoms with van der Waals surface area (Å²) < 4.78 is 33.0. The Bertz CT molecular complexity index is 1510. The molecule has 0 atom stereocenters. The largest absolute Gasteiger partial charge is 0.494 e. The highest BCUT2D eigenvalue weighted by molar-refractivity contribution is 7.92. The molecule has 3 N–H and O–H groups in total. The van der Waals surface area contributed by atoms with E-state index in [9.17, 15) is 23.1 Å². The van der Waals surface area contributed by atoms with E-state index in [1.165, 1.54) is 25.2 Å². The summed E-state index contributed by atoms with van der Waals surface area (Å²) in [5, 5.41) is 13.3. The average molecular weight is 522 g/mol. The first-order chi connectivity index (χ1) is 17.7. The molecule has 1 amide bonds. The van der Waals surface area contributed by atoms with Gasteiger partial charge in [0.1, 0.15) is 11.4 Å². The minimum atomic E-state index is -4.00. The number of rotatable bonds is 10. The van der Waals surface area contributed by atoms with Crippen LogP contribution in [0.3, 0.4) is 0 Å². The fraction of sp³-hybridized carbons (Fsp3) is 0.185. The van der Waals surface area contributed by atoms with E-state index in [1.807, 2.05) is 24.3 Å². The minimum Gasteiger partial charge on any atom is -0.494 e. The Morgan fingerprint density at radius 3 is 2.46 bits per heavy atom. The minimum absolute atomic E-state index is 0.00698. The van der Waals surface area contributed by atoms with Crippen LogP contribution in [-0.4, -0.2) is 50.6 Å². The summed E-state index contributed by atoms with van der Waals surface area (Å²) in [5.41, 5.74) is 1.94. The van der Waals surface area contributed by atoms with Crippen LogP contribution < -0.4 is 14.4 Å². The van der Waals surface area contributed by atoms with Crippen molar-refractivity contribution < 1.29 is 27.9 Å². The molecule has 0 aliphatic rings. The molecular formula is C27H27N3O6S. The number of H-pyrrole nitrogens is 1. The van der Waals surface area contributed by atoms with Gasteiger partial charge in [-0.3, -0.25) is 9.10 Å². The number of aryl methyl sites for hydroxylation is 1. The number of anilines is 1. The van der Waals surface area contributed by atoms with Gasteiger partial charge in [0.15, 0.2) is 0 Å². The summed E-state index contributed by atoms with van der Waals surface area (Å²) in [7, 11) is -2.67. The second kappa shape index (κ2) is 10.8. The number of fused-ring (bicyclic) bond motifs is 1. The van der Waals surface area contributed by atoms with E-state index in [2.05, 4.69) is 10.3 Å². The third-order valence-corrected chi connectivity index (χ3v) is 7.69. The van der Waals surface area contributed by atoms with Crippen molar-refractivity contribution in [3.05, 3.63) is 89.6 Å². The first kappa shape index (κ1) is 25.8. The Morgan fingerprint density at radius 2 is 1.76 bits per heavy atom. The molecule has 192 valence electrons. The Kier molecular flexibility index (Phi) is 7.49. The summed E-state index contributed by atoms with van der Waals surface area (Å²) in [6.45, 7) is 2.39. The summed E-state index contributed by atoms with van der Waals surface area (Å²) in [6.07, 6.45) is 0.556. The Balaban J connectivity index is 1.31. The number of nitrogens with zero attached hydrogens (tertiary/aromatic N) is 1. The quantitative estimate of drug-likeness (QED) is 0.268. The molecule has 0 bridgehead atoms. The van der Waals surface area contributed by atoms with Crippen molar-refractivity contribution in [3.63, 3.8) is 0 Å². The maximum Gasteiger partial charge on any atom is 0.337 e. The van der Waals surface area contributed by atoms with Crippen molar-refractivity contribution in [2.45, 2.75) is 18.2 Å². The van der Waals surface area contributed by atoms with Crippen molar-refractivity contribution in [1.82, 2.24) is 10.3 Å². The molecule has 0 aliphatic carbocycles. The van der Waals surface area contributed by atoms with Gasteiger partial charge in [0.25, 0.3) is 15.9 Å². The standard InChI is InChI=1S/C27H27N3O6S/c1-18-7-5-9-22(27(32)33)25(18)30(2)37(34,35)21-13-11-20(12-14-21)36-16-6-15-28-26(31)24-17-19-8-3-4-10-23(19)29-24/h3-5,7-14,17,29H,6,15-16H2,1-2H3,(H,28,31)(H,32,33). The number of carbonyl (C=O) groups is 2. The van der Waals surface area contributed by atoms with Crippen LogP contribution in [-0.2, 0) is 10.0 Å². The highest BCUT2D eigenvalue weighted by Crippen LogP contribution is 2.30. The first-order valence-electron chi connectivity index (χ1n) is 11.6. The number of carboxylic acids is 1. The maximum atomic E-state index is 13.2. The number of carboxylic acid groups (broad SMARTS) is 1. The monoisotopic (exact) mass is 521 g/mol. The van der Waals surface area contributed by atoms with Crippen LogP contribution in [0.25, 0.3) is 10.9 Å². The van der Waals surface area contributed by atoms with Gasteiger partial charge in [0.05, 0.1) is 22.8 Å². The summed E-state index contributed by atoms with van der Waals surface area (Å²) in [6, 6.07) is 20.0. The number of amides is 1. The zero-order valence-electron chi connectivity index (χ0n) is 20.4. The Labute approximate surface area is 214 Å². The van der Waals surface area contributed by atoms with E-state index >= 15 is 0 Å². The molecule has 10 heteroatoms. The number of carbonyl (C=O) groups excluding carboxylic acids is 1. The van der Waals surface area contributed by atoms with Crippen LogP contribution >= 0.6 is 0 Å². The van der Waals surface area contributed by atoms with Crippen LogP contribution in [0.1, 0.15) is 32.8 Å².